The van der Waals surface area contributed by atoms with E-state index < -0.39 is 11.4 Å². The lowest BCUT2D eigenvalue weighted by molar-refractivity contribution is -0.133. The number of anilines is 1. The van der Waals surface area contributed by atoms with Crippen molar-refractivity contribution in [2.75, 3.05) is 18.5 Å². The Labute approximate surface area is 206 Å². The molecule has 2 N–H and O–H groups in total. The van der Waals surface area contributed by atoms with Crippen molar-refractivity contribution in [2.45, 2.75) is 78.1 Å². The molecule has 0 saturated heterocycles. The van der Waals surface area contributed by atoms with Crippen LogP contribution in [-0.2, 0) is 16.1 Å². The molecule has 1 atom stereocenters. The molecule has 35 heavy (non-hydrogen) atoms. The molecule has 1 aliphatic carbocycles. The highest BCUT2D eigenvalue weighted by atomic mass is 16.5. The molecule has 1 fully saturated rings. The van der Waals surface area contributed by atoms with Crippen LogP contribution in [0.15, 0.2) is 24.5 Å². The van der Waals surface area contributed by atoms with Crippen molar-refractivity contribution in [3.8, 4) is 0 Å². The monoisotopic (exact) mass is 481 g/mol. The molecule has 2 aromatic rings. The number of hydrogen-bond donors (Lipinski definition) is 2. The summed E-state index contributed by atoms with van der Waals surface area (Å²) >= 11 is 0. The fraction of sp³-hybridized carbons (Fsp3) is 0.538. The second-order valence-corrected chi connectivity index (χ2v) is 10.1. The number of carbonyl (C=O) groups excluding carboxylic acids is 3. The Bertz CT molecular complexity index is 1140. The van der Waals surface area contributed by atoms with Crippen LogP contribution in [0, 0.1) is 13.8 Å². The number of nitrogens with zero attached hydrogens (tertiary/aromatic N) is 3. The number of aryl methyl sites for hydroxylation is 2. The lowest BCUT2D eigenvalue weighted by Gasteiger charge is -2.44. The zero-order valence-electron chi connectivity index (χ0n) is 21.2. The molecule has 2 heterocycles. The van der Waals surface area contributed by atoms with E-state index in [0.29, 0.717) is 25.3 Å². The third-order valence-corrected chi connectivity index (χ3v) is 6.57. The van der Waals surface area contributed by atoms with E-state index in [0.717, 1.165) is 24.0 Å². The number of amides is 3. The average Bonchev–Trinajstić information content (AvgIpc) is 3.52. The van der Waals surface area contributed by atoms with E-state index in [1.165, 1.54) is 6.33 Å². The molecular formula is C26H35N5O4. The molecule has 9 heteroatoms. The highest BCUT2D eigenvalue weighted by Crippen LogP contribution is 2.39. The summed E-state index contributed by atoms with van der Waals surface area (Å²) in [6.45, 7) is 10.9. The Morgan fingerprint density at radius 2 is 2.00 bits per heavy atom. The standard InChI is InChI=1S/C26H35N5O4/c1-16(2)35-12-6-11-27-25(34)26(5)14-30-15-28-21(22(30)24(33)31(26)19-8-9-19)23(32)29-20-10-7-17(3)13-18(20)4/h7,10,13,15-16,19H,6,8-9,11-12,14H2,1-5H3,(H,27,34)(H,29,32). The summed E-state index contributed by atoms with van der Waals surface area (Å²) < 4.78 is 7.18. The fourth-order valence-electron chi connectivity index (χ4n) is 4.64. The third-order valence-electron chi connectivity index (χ3n) is 6.57. The van der Waals surface area contributed by atoms with Gasteiger partial charge in [0.15, 0.2) is 5.69 Å². The van der Waals surface area contributed by atoms with Crippen LogP contribution in [0.4, 0.5) is 5.69 Å². The number of rotatable bonds is 9. The molecule has 0 radical (unpaired) electrons. The number of carbonyl (C=O) groups is 3. The minimum absolute atomic E-state index is 0.0126. The first-order valence-corrected chi connectivity index (χ1v) is 12.3. The van der Waals surface area contributed by atoms with Gasteiger partial charge in [-0.05, 0) is 65.5 Å². The molecular weight excluding hydrogens is 446 g/mol. The zero-order chi connectivity index (χ0) is 25.3. The average molecular weight is 482 g/mol. The topological polar surface area (TPSA) is 106 Å². The van der Waals surface area contributed by atoms with Crippen molar-refractivity contribution in [1.82, 2.24) is 19.8 Å². The number of benzene rings is 1. The summed E-state index contributed by atoms with van der Waals surface area (Å²) in [5, 5.41) is 5.86. The van der Waals surface area contributed by atoms with E-state index in [4.69, 9.17) is 4.74 Å². The van der Waals surface area contributed by atoms with Crippen LogP contribution >= 0.6 is 0 Å². The van der Waals surface area contributed by atoms with Crippen molar-refractivity contribution < 1.29 is 19.1 Å². The van der Waals surface area contributed by atoms with Crippen LogP contribution < -0.4 is 10.6 Å². The van der Waals surface area contributed by atoms with Gasteiger partial charge in [-0.25, -0.2) is 4.98 Å². The molecule has 188 valence electrons. The number of hydrogen-bond acceptors (Lipinski definition) is 5. The maximum Gasteiger partial charge on any atom is 0.276 e. The summed E-state index contributed by atoms with van der Waals surface area (Å²) in [5.74, 6) is -0.973. The van der Waals surface area contributed by atoms with Gasteiger partial charge in [0.2, 0.25) is 5.91 Å². The van der Waals surface area contributed by atoms with Crippen molar-refractivity contribution in [3.05, 3.63) is 47.0 Å². The van der Waals surface area contributed by atoms with Gasteiger partial charge in [-0.1, -0.05) is 17.7 Å². The summed E-state index contributed by atoms with van der Waals surface area (Å²) in [5.41, 5.74) is 1.95. The van der Waals surface area contributed by atoms with Crippen LogP contribution in [0.2, 0.25) is 0 Å². The summed E-state index contributed by atoms with van der Waals surface area (Å²) in [6, 6.07) is 5.74. The van der Waals surface area contributed by atoms with Gasteiger partial charge in [-0.2, -0.15) is 0 Å². The Morgan fingerprint density at radius 1 is 1.26 bits per heavy atom. The van der Waals surface area contributed by atoms with Gasteiger partial charge in [0.05, 0.1) is 19.0 Å². The number of imidazole rings is 1. The highest BCUT2D eigenvalue weighted by molar-refractivity contribution is 6.12. The van der Waals surface area contributed by atoms with Gasteiger partial charge in [-0.15, -0.1) is 0 Å². The van der Waals surface area contributed by atoms with Crippen molar-refractivity contribution >= 4 is 23.4 Å². The van der Waals surface area contributed by atoms with E-state index >= 15 is 0 Å². The lowest BCUT2D eigenvalue weighted by Crippen LogP contribution is -2.64. The van der Waals surface area contributed by atoms with Gasteiger partial charge >= 0.3 is 0 Å². The first-order valence-electron chi connectivity index (χ1n) is 12.3. The Hall–Kier alpha value is -3.20. The van der Waals surface area contributed by atoms with Gasteiger partial charge in [0.1, 0.15) is 11.2 Å². The predicted molar refractivity (Wildman–Crippen MR) is 132 cm³/mol. The molecule has 0 spiro atoms. The molecule has 1 aromatic carbocycles. The molecule has 2 aliphatic rings. The van der Waals surface area contributed by atoms with Crippen LogP contribution in [0.25, 0.3) is 0 Å². The fourth-order valence-corrected chi connectivity index (χ4v) is 4.64. The predicted octanol–water partition coefficient (Wildman–Crippen LogP) is 3.06. The number of ether oxygens (including phenoxy) is 1. The SMILES string of the molecule is Cc1ccc(NC(=O)c2ncn3c2C(=O)N(C2CC2)C(C)(C(=O)NCCCOC(C)C)C3)c(C)c1. The van der Waals surface area contributed by atoms with Crippen LogP contribution in [-0.4, -0.2) is 63.0 Å². The van der Waals surface area contributed by atoms with Crippen LogP contribution in [0.3, 0.4) is 0 Å². The second-order valence-electron chi connectivity index (χ2n) is 10.1. The van der Waals surface area contributed by atoms with Crippen molar-refractivity contribution in [3.63, 3.8) is 0 Å². The number of aromatic nitrogens is 2. The van der Waals surface area contributed by atoms with Crippen molar-refractivity contribution in [2.24, 2.45) is 0 Å². The summed E-state index contributed by atoms with van der Waals surface area (Å²) in [6.07, 6.45) is 4.00. The highest BCUT2D eigenvalue weighted by Gasteiger charge is 2.53. The normalized spacial score (nSPS) is 19.6. The molecule has 9 nitrogen and oxygen atoms in total. The second kappa shape index (κ2) is 9.81. The molecule has 1 aliphatic heterocycles. The molecule has 3 amide bonds. The molecule has 1 aromatic heterocycles. The summed E-state index contributed by atoms with van der Waals surface area (Å²) in [7, 11) is 0. The van der Waals surface area contributed by atoms with E-state index in [1.807, 2.05) is 45.9 Å². The van der Waals surface area contributed by atoms with Gasteiger partial charge < -0.3 is 24.8 Å². The van der Waals surface area contributed by atoms with E-state index in [2.05, 4.69) is 15.6 Å². The van der Waals surface area contributed by atoms with Gasteiger partial charge in [0.25, 0.3) is 11.8 Å². The summed E-state index contributed by atoms with van der Waals surface area (Å²) in [4.78, 5) is 46.1. The maximum absolute atomic E-state index is 13.7. The van der Waals surface area contributed by atoms with Crippen LogP contribution in [0.5, 0.6) is 0 Å². The van der Waals surface area contributed by atoms with Crippen LogP contribution in [0.1, 0.15) is 72.1 Å². The minimum Gasteiger partial charge on any atom is -0.379 e. The zero-order valence-corrected chi connectivity index (χ0v) is 21.2. The molecule has 4 rings (SSSR count). The first-order chi connectivity index (χ1) is 16.6. The van der Waals surface area contributed by atoms with E-state index in [1.54, 1.807) is 16.4 Å². The lowest BCUT2D eigenvalue weighted by atomic mass is 9.94. The quantitative estimate of drug-likeness (QED) is 0.536. The van der Waals surface area contributed by atoms with Crippen molar-refractivity contribution in [1.29, 1.82) is 0 Å². The molecule has 0 bridgehead atoms. The molecule has 1 unspecified atom stereocenters. The molecule has 1 saturated carbocycles. The maximum atomic E-state index is 13.7. The third kappa shape index (κ3) is 5.10. The largest absolute Gasteiger partial charge is 0.379 e. The smallest absolute Gasteiger partial charge is 0.276 e. The minimum atomic E-state index is -1.06. The van der Waals surface area contributed by atoms with E-state index in [-0.39, 0.29) is 41.9 Å². The first kappa shape index (κ1) is 24.9. The number of fused-ring (bicyclic) bond motifs is 1. The van der Waals surface area contributed by atoms with E-state index in [9.17, 15) is 14.4 Å². The Balaban J connectivity index is 1.54. The Kier molecular flexibility index (Phi) is 6.98. The number of nitrogens with one attached hydrogen (secondary N) is 2. The van der Waals surface area contributed by atoms with Gasteiger partial charge in [0, 0.05) is 24.9 Å². The van der Waals surface area contributed by atoms with Gasteiger partial charge in [-0.3, -0.25) is 14.4 Å². The Morgan fingerprint density at radius 3 is 2.66 bits per heavy atom.